The van der Waals surface area contributed by atoms with Crippen LogP contribution in [0.15, 0.2) is 29.3 Å². The van der Waals surface area contributed by atoms with Crippen LogP contribution in [0.5, 0.6) is 5.75 Å². The molecule has 118 valence electrons. The first-order valence-electron chi connectivity index (χ1n) is 7.01. The van der Waals surface area contributed by atoms with E-state index in [1.807, 2.05) is 12.1 Å². The lowest BCUT2D eigenvalue weighted by Crippen LogP contribution is -2.38. The Morgan fingerprint density at radius 2 is 2.00 bits per heavy atom. The Bertz CT molecular complexity index is 459. The Labute approximate surface area is 143 Å². The van der Waals surface area contributed by atoms with E-state index in [2.05, 4.69) is 29.1 Å². The lowest BCUT2D eigenvalue weighted by molar-refractivity contribution is 0.125. The molecule has 1 aliphatic rings. The van der Waals surface area contributed by atoms with Gasteiger partial charge < -0.3 is 16.2 Å². The first kappa shape index (κ1) is 18.0. The maximum absolute atomic E-state index is 5.46. The quantitative estimate of drug-likeness (QED) is 0.457. The van der Waals surface area contributed by atoms with Gasteiger partial charge in [-0.3, -0.25) is 9.89 Å². The molecule has 2 unspecified atom stereocenters. The zero-order valence-corrected chi connectivity index (χ0v) is 15.0. The van der Waals surface area contributed by atoms with E-state index >= 15 is 0 Å². The van der Waals surface area contributed by atoms with Gasteiger partial charge in [-0.05, 0) is 50.0 Å². The zero-order valence-electron chi connectivity index (χ0n) is 12.7. The molecular weight excluding hydrogens is 379 g/mol. The van der Waals surface area contributed by atoms with Gasteiger partial charge in [0.25, 0.3) is 0 Å². The Balaban J connectivity index is 0.00000220. The third-order valence-corrected chi connectivity index (χ3v) is 3.97. The largest absolute Gasteiger partial charge is 0.497 e. The molecule has 1 aliphatic heterocycles. The molecule has 0 aliphatic carbocycles. The van der Waals surface area contributed by atoms with Crippen LogP contribution in [0.25, 0.3) is 0 Å². The maximum Gasteiger partial charge on any atom is 0.185 e. The van der Waals surface area contributed by atoms with Crippen LogP contribution in [-0.2, 0) is 0 Å². The summed E-state index contributed by atoms with van der Waals surface area (Å²) in [7, 11) is 3.85. The fourth-order valence-electron chi connectivity index (χ4n) is 3.00. The number of nitrogens with two attached hydrogens (primary N) is 2. The van der Waals surface area contributed by atoms with Crippen molar-refractivity contribution in [3.63, 3.8) is 0 Å². The second-order valence-electron chi connectivity index (χ2n) is 5.37. The van der Waals surface area contributed by atoms with Gasteiger partial charge in [-0.15, -0.1) is 24.0 Å². The topological polar surface area (TPSA) is 76.9 Å². The smallest absolute Gasteiger partial charge is 0.185 e. The van der Waals surface area contributed by atoms with E-state index in [9.17, 15) is 0 Å². The number of likely N-dealkylation sites (tertiary alicyclic amines) is 1. The van der Waals surface area contributed by atoms with E-state index in [1.165, 1.54) is 12.0 Å². The molecule has 0 amide bonds. The number of hydrogen-bond donors (Lipinski definition) is 2. The molecule has 1 aromatic rings. The number of halogens is 1. The Morgan fingerprint density at radius 3 is 2.57 bits per heavy atom. The van der Waals surface area contributed by atoms with Crippen LogP contribution >= 0.6 is 24.0 Å². The summed E-state index contributed by atoms with van der Waals surface area (Å²) >= 11 is 0. The van der Waals surface area contributed by atoms with Crippen molar-refractivity contribution in [2.75, 3.05) is 27.2 Å². The van der Waals surface area contributed by atoms with Gasteiger partial charge in [0, 0.05) is 12.6 Å². The second-order valence-corrected chi connectivity index (χ2v) is 5.37. The molecule has 0 saturated carbocycles. The summed E-state index contributed by atoms with van der Waals surface area (Å²) in [6, 6.07) is 8.64. The van der Waals surface area contributed by atoms with Crippen molar-refractivity contribution in [3.8, 4) is 5.75 Å². The summed E-state index contributed by atoms with van der Waals surface area (Å²) in [5.74, 6) is 1.50. The minimum atomic E-state index is 0. The van der Waals surface area contributed by atoms with Gasteiger partial charge in [-0.1, -0.05) is 12.1 Å². The number of piperidine rings is 1. The van der Waals surface area contributed by atoms with Gasteiger partial charge in [0.05, 0.1) is 7.11 Å². The van der Waals surface area contributed by atoms with Crippen molar-refractivity contribution >= 4 is 29.9 Å². The third kappa shape index (κ3) is 4.74. The van der Waals surface area contributed by atoms with Gasteiger partial charge in [-0.2, -0.15) is 0 Å². The number of aliphatic imine (C=N–C) groups is 1. The van der Waals surface area contributed by atoms with Crippen molar-refractivity contribution in [2.45, 2.75) is 18.9 Å². The van der Waals surface area contributed by atoms with Crippen LogP contribution in [0, 0.1) is 5.92 Å². The van der Waals surface area contributed by atoms with Gasteiger partial charge in [0.15, 0.2) is 5.96 Å². The molecule has 1 saturated heterocycles. The molecule has 2 rings (SSSR count). The molecule has 0 aromatic heterocycles. The highest BCUT2D eigenvalue weighted by Crippen LogP contribution is 2.35. The van der Waals surface area contributed by atoms with E-state index in [0.717, 1.165) is 18.7 Å². The average molecular weight is 404 g/mol. The number of rotatable bonds is 4. The van der Waals surface area contributed by atoms with Crippen molar-refractivity contribution in [3.05, 3.63) is 29.8 Å². The van der Waals surface area contributed by atoms with E-state index in [4.69, 9.17) is 16.2 Å². The van der Waals surface area contributed by atoms with E-state index in [0.29, 0.717) is 18.5 Å². The summed E-state index contributed by atoms with van der Waals surface area (Å²) in [5, 5.41) is 0. The number of hydrogen-bond acceptors (Lipinski definition) is 3. The normalized spacial score (nSPS) is 22.2. The molecule has 4 N–H and O–H groups in total. The first-order chi connectivity index (χ1) is 9.61. The minimum Gasteiger partial charge on any atom is -0.497 e. The Hall–Kier alpha value is -1.02. The monoisotopic (exact) mass is 404 g/mol. The number of methoxy groups -OCH3 is 1. The Morgan fingerprint density at radius 1 is 1.33 bits per heavy atom. The van der Waals surface area contributed by atoms with Crippen LogP contribution in [0.1, 0.15) is 24.4 Å². The molecule has 21 heavy (non-hydrogen) atoms. The highest BCUT2D eigenvalue weighted by atomic mass is 127. The van der Waals surface area contributed by atoms with Crippen LogP contribution in [0.2, 0.25) is 0 Å². The second kappa shape index (κ2) is 8.43. The zero-order chi connectivity index (χ0) is 14.5. The molecular formula is C15H25IN4O. The molecule has 0 spiro atoms. The molecule has 5 nitrogen and oxygen atoms in total. The van der Waals surface area contributed by atoms with Crippen LogP contribution < -0.4 is 16.2 Å². The molecule has 1 fully saturated rings. The highest BCUT2D eigenvalue weighted by Gasteiger charge is 2.30. The summed E-state index contributed by atoms with van der Waals surface area (Å²) in [5.41, 5.74) is 12.2. The van der Waals surface area contributed by atoms with Crippen LogP contribution in [-0.4, -0.2) is 38.1 Å². The lowest BCUT2D eigenvalue weighted by atomic mass is 9.85. The van der Waals surface area contributed by atoms with Gasteiger partial charge in [0.2, 0.25) is 0 Å². The number of nitrogens with zero attached hydrogens (tertiary/aromatic N) is 2. The number of ether oxygens (including phenoxy) is 1. The summed E-state index contributed by atoms with van der Waals surface area (Å²) in [6.45, 7) is 1.79. The summed E-state index contributed by atoms with van der Waals surface area (Å²) in [4.78, 5) is 6.60. The molecule has 0 bridgehead atoms. The maximum atomic E-state index is 5.46. The van der Waals surface area contributed by atoms with Crippen LogP contribution in [0.3, 0.4) is 0 Å². The lowest BCUT2D eigenvalue weighted by Gasteiger charge is -2.39. The highest BCUT2D eigenvalue weighted by molar-refractivity contribution is 14.0. The molecule has 0 radical (unpaired) electrons. The van der Waals surface area contributed by atoms with Gasteiger partial charge in [0.1, 0.15) is 5.75 Å². The molecule has 2 atom stereocenters. The van der Waals surface area contributed by atoms with E-state index in [-0.39, 0.29) is 29.9 Å². The predicted molar refractivity (Wildman–Crippen MR) is 97.2 cm³/mol. The molecule has 6 heteroatoms. The SMILES string of the molecule is COc1ccc(C2C(CN=C(N)N)CCCN2C)cc1.I. The van der Waals surface area contributed by atoms with Gasteiger partial charge in [-0.25, -0.2) is 0 Å². The number of benzene rings is 1. The summed E-state index contributed by atoms with van der Waals surface area (Å²) < 4.78 is 5.22. The average Bonchev–Trinajstić information content (AvgIpc) is 2.45. The van der Waals surface area contributed by atoms with Crippen LogP contribution in [0.4, 0.5) is 0 Å². The van der Waals surface area contributed by atoms with E-state index in [1.54, 1.807) is 7.11 Å². The molecule has 1 aromatic carbocycles. The van der Waals surface area contributed by atoms with Crippen molar-refractivity contribution < 1.29 is 4.74 Å². The first-order valence-corrected chi connectivity index (χ1v) is 7.01. The predicted octanol–water partition coefficient (Wildman–Crippen LogP) is 1.97. The van der Waals surface area contributed by atoms with Gasteiger partial charge >= 0.3 is 0 Å². The minimum absolute atomic E-state index is 0. The summed E-state index contributed by atoms with van der Waals surface area (Å²) in [6.07, 6.45) is 2.34. The standard InChI is InChI=1S/C15H24N4O.HI/c1-19-9-3-4-12(10-18-15(16)17)14(19)11-5-7-13(20-2)8-6-11;/h5-8,12,14H,3-4,9-10H2,1-2H3,(H4,16,17,18);1H. The Kier molecular flexibility index (Phi) is 7.24. The van der Waals surface area contributed by atoms with Crippen molar-refractivity contribution in [2.24, 2.45) is 22.4 Å². The third-order valence-electron chi connectivity index (χ3n) is 3.97. The molecule has 1 heterocycles. The van der Waals surface area contributed by atoms with Crippen molar-refractivity contribution in [1.29, 1.82) is 0 Å². The number of guanidine groups is 1. The van der Waals surface area contributed by atoms with E-state index < -0.39 is 0 Å². The van der Waals surface area contributed by atoms with Crippen molar-refractivity contribution in [1.82, 2.24) is 4.90 Å². The fraction of sp³-hybridized carbons (Fsp3) is 0.533. The fourth-order valence-corrected chi connectivity index (χ4v) is 3.00.